The second-order valence-corrected chi connectivity index (χ2v) is 8.85. The lowest BCUT2D eigenvalue weighted by atomic mass is 9.65. The number of fused-ring (bicyclic) bond motifs is 1. The van der Waals surface area contributed by atoms with Gasteiger partial charge < -0.3 is 4.90 Å². The van der Waals surface area contributed by atoms with Gasteiger partial charge in [-0.15, -0.1) is 0 Å². The number of para-hydroxylation sites is 1. The van der Waals surface area contributed by atoms with Crippen LogP contribution in [0.4, 0.5) is 5.69 Å². The molecule has 1 unspecified atom stereocenters. The van der Waals surface area contributed by atoms with Crippen LogP contribution in [0, 0.1) is 0 Å². The molecule has 27 heavy (non-hydrogen) atoms. The molecular formula is C25H26ClN. The van der Waals surface area contributed by atoms with Crippen LogP contribution in [0.5, 0.6) is 0 Å². The van der Waals surface area contributed by atoms with Gasteiger partial charge in [-0.1, -0.05) is 79.2 Å². The minimum Gasteiger partial charge on any atom is -0.362 e. The van der Waals surface area contributed by atoms with Crippen molar-refractivity contribution in [2.24, 2.45) is 0 Å². The first-order chi connectivity index (χ1) is 12.9. The Hall–Kier alpha value is -2.25. The Balaban J connectivity index is 1.83. The summed E-state index contributed by atoms with van der Waals surface area (Å²) in [6.45, 7) is 8.01. The number of halogens is 1. The van der Waals surface area contributed by atoms with E-state index in [2.05, 4.69) is 92.4 Å². The molecule has 3 aromatic carbocycles. The Morgan fingerprint density at radius 3 is 2.15 bits per heavy atom. The van der Waals surface area contributed by atoms with Crippen LogP contribution in [0.15, 0.2) is 78.9 Å². The molecular weight excluding hydrogens is 350 g/mol. The molecule has 1 atom stereocenters. The summed E-state index contributed by atoms with van der Waals surface area (Å²) < 4.78 is 0. The third kappa shape index (κ3) is 3.26. The van der Waals surface area contributed by atoms with Crippen LogP contribution in [-0.4, -0.2) is 5.54 Å². The predicted molar refractivity (Wildman–Crippen MR) is 116 cm³/mol. The van der Waals surface area contributed by atoms with E-state index in [1.165, 1.54) is 22.4 Å². The summed E-state index contributed by atoms with van der Waals surface area (Å²) in [6.07, 6.45) is 1.05. The Kier molecular flexibility index (Phi) is 4.52. The van der Waals surface area contributed by atoms with Crippen molar-refractivity contribution in [2.45, 2.75) is 44.7 Å². The van der Waals surface area contributed by atoms with Crippen molar-refractivity contribution in [3.63, 3.8) is 0 Å². The van der Waals surface area contributed by atoms with E-state index in [1.54, 1.807) is 0 Å². The lowest BCUT2D eigenvalue weighted by molar-refractivity contribution is 0.320. The highest BCUT2D eigenvalue weighted by Gasteiger charge is 2.45. The molecule has 0 aliphatic carbocycles. The second kappa shape index (κ2) is 6.73. The van der Waals surface area contributed by atoms with E-state index in [4.69, 9.17) is 11.6 Å². The van der Waals surface area contributed by atoms with Crippen molar-refractivity contribution in [1.82, 2.24) is 0 Å². The molecule has 0 spiro atoms. The van der Waals surface area contributed by atoms with E-state index >= 15 is 0 Å². The Morgan fingerprint density at radius 2 is 1.44 bits per heavy atom. The fraction of sp³-hybridized carbons (Fsp3) is 0.280. The fourth-order valence-corrected chi connectivity index (χ4v) is 4.82. The first-order valence-corrected chi connectivity index (χ1v) is 9.95. The summed E-state index contributed by atoms with van der Waals surface area (Å²) >= 11 is 6.16. The molecule has 1 aliphatic heterocycles. The van der Waals surface area contributed by atoms with Crippen LogP contribution in [0.1, 0.15) is 43.9 Å². The molecule has 0 saturated heterocycles. The molecule has 0 amide bonds. The number of hydrogen-bond donors (Lipinski definition) is 0. The monoisotopic (exact) mass is 375 g/mol. The number of nitrogens with zero attached hydrogens (tertiary/aromatic N) is 1. The molecule has 4 rings (SSSR count). The Morgan fingerprint density at radius 1 is 0.815 bits per heavy atom. The molecule has 0 saturated carbocycles. The molecule has 2 heteroatoms. The van der Waals surface area contributed by atoms with Crippen LogP contribution < -0.4 is 4.90 Å². The van der Waals surface area contributed by atoms with Crippen molar-refractivity contribution in [1.29, 1.82) is 0 Å². The quantitative estimate of drug-likeness (QED) is 0.484. The smallest absolute Gasteiger partial charge is 0.0435 e. The zero-order chi connectivity index (χ0) is 19.1. The van der Waals surface area contributed by atoms with Gasteiger partial charge in [-0.05, 0) is 55.2 Å². The summed E-state index contributed by atoms with van der Waals surface area (Å²) in [4.78, 5) is 2.56. The maximum atomic E-state index is 6.16. The highest BCUT2D eigenvalue weighted by atomic mass is 35.5. The van der Waals surface area contributed by atoms with Gasteiger partial charge in [0.1, 0.15) is 0 Å². The fourth-order valence-electron chi connectivity index (χ4n) is 4.70. The van der Waals surface area contributed by atoms with Crippen LogP contribution >= 0.6 is 11.6 Å². The summed E-state index contributed by atoms with van der Waals surface area (Å²) in [5, 5.41) is 0.788. The van der Waals surface area contributed by atoms with Crippen molar-refractivity contribution >= 4 is 17.3 Å². The van der Waals surface area contributed by atoms with Gasteiger partial charge in [0.2, 0.25) is 0 Å². The van der Waals surface area contributed by atoms with Gasteiger partial charge >= 0.3 is 0 Å². The van der Waals surface area contributed by atoms with E-state index in [1.807, 2.05) is 12.1 Å². The molecule has 0 N–H and O–H groups in total. The summed E-state index contributed by atoms with van der Waals surface area (Å²) in [5.74, 6) is 0. The van der Waals surface area contributed by atoms with Crippen molar-refractivity contribution < 1.29 is 0 Å². The van der Waals surface area contributed by atoms with Gasteiger partial charge in [0.25, 0.3) is 0 Å². The molecule has 3 aromatic rings. The maximum absolute atomic E-state index is 6.16. The van der Waals surface area contributed by atoms with Gasteiger partial charge in [-0.2, -0.15) is 0 Å². The molecule has 0 radical (unpaired) electrons. The molecule has 1 aliphatic rings. The Bertz CT molecular complexity index is 930. The summed E-state index contributed by atoms with van der Waals surface area (Å²) in [5.41, 5.74) is 5.37. The van der Waals surface area contributed by atoms with Crippen LogP contribution in [0.25, 0.3) is 0 Å². The second-order valence-electron chi connectivity index (χ2n) is 8.42. The zero-order valence-corrected chi connectivity index (χ0v) is 17.0. The van der Waals surface area contributed by atoms with Crippen LogP contribution in [0.3, 0.4) is 0 Å². The number of hydrogen-bond acceptors (Lipinski definition) is 1. The summed E-state index contributed by atoms with van der Waals surface area (Å²) in [6, 6.07) is 28.0. The lowest BCUT2D eigenvalue weighted by Crippen LogP contribution is -2.53. The third-order valence-electron chi connectivity index (χ3n) is 5.97. The molecule has 0 fully saturated rings. The van der Waals surface area contributed by atoms with E-state index in [0.717, 1.165) is 18.0 Å². The predicted octanol–water partition coefficient (Wildman–Crippen LogP) is 6.83. The van der Waals surface area contributed by atoms with Gasteiger partial charge in [0.05, 0.1) is 0 Å². The Labute approximate surface area is 167 Å². The van der Waals surface area contributed by atoms with E-state index in [0.29, 0.717) is 0 Å². The van der Waals surface area contributed by atoms with Gasteiger partial charge in [0.15, 0.2) is 0 Å². The minimum absolute atomic E-state index is 0.0264. The first kappa shape index (κ1) is 18.1. The average molecular weight is 376 g/mol. The standard InChI is InChI=1S/C25H26ClN/c1-24(2)18-25(3,20-13-15-21(26)16-14-20)22-11-7-8-12-23(22)27(24)17-19-9-5-4-6-10-19/h4-16H,17-18H2,1-3H3. The van der Waals surface area contributed by atoms with E-state index in [9.17, 15) is 0 Å². The SMILES string of the molecule is CC1(c2ccc(Cl)cc2)CC(C)(C)N(Cc2ccccc2)c2ccccc21. The van der Waals surface area contributed by atoms with E-state index < -0.39 is 0 Å². The normalized spacial score (nSPS) is 21.0. The molecule has 1 nitrogen and oxygen atoms in total. The average Bonchev–Trinajstić information content (AvgIpc) is 2.66. The lowest BCUT2D eigenvalue weighted by Gasteiger charge is -2.52. The van der Waals surface area contributed by atoms with E-state index in [-0.39, 0.29) is 11.0 Å². The molecule has 0 bridgehead atoms. The van der Waals surface area contributed by atoms with Gasteiger partial charge in [-0.3, -0.25) is 0 Å². The minimum atomic E-state index is -0.0438. The zero-order valence-electron chi connectivity index (χ0n) is 16.2. The van der Waals surface area contributed by atoms with Crippen molar-refractivity contribution in [2.75, 3.05) is 4.90 Å². The van der Waals surface area contributed by atoms with Crippen molar-refractivity contribution in [3.8, 4) is 0 Å². The third-order valence-corrected chi connectivity index (χ3v) is 6.22. The van der Waals surface area contributed by atoms with Gasteiger partial charge in [0, 0.05) is 28.2 Å². The highest BCUT2D eigenvalue weighted by molar-refractivity contribution is 6.30. The largest absolute Gasteiger partial charge is 0.362 e. The topological polar surface area (TPSA) is 3.24 Å². The first-order valence-electron chi connectivity index (χ1n) is 9.57. The highest BCUT2D eigenvalue weighted by Crippen LogP contribution is 2.50. The van der Waals surface area contributed by atoms with Crippen LogP contribution in [0.2, 0.25) is 5.02 Å². The summed E-state index contributed by atoms with van der Waals surface area (Å²) in [7, 11) is 0. The van der Waals surface area contributed by atoms with Gasteiger partial charge in [-0.25, -0.2) is 0 Å². The number of anilines is 1. The maximum Gasteiger partial charge on any atom is 0.0435 e. The number of rotatable bonds is 3. The number of benzene rings is 3. The van der Waals surface area contributed by atoms with Crippen molar-refractivity contribution in [3.05, 3.63) is 101 Å². The molecule has 138 valence electrons. The molecule has 1 heterocycles. The van der Waals surface area contributed by atoms with Crippen LogP contribution in [-0.2, 0) is 12.0 Å². The molecule has 0 aromatic heterocycles.